The van der Waals surface area contributed by atoms with Crippen LogP contribution in [-0.2, 0) is 0 Å². The van der Waals surface area contributed by atoms with E-state index in [4.69, 9.17) is 15.0 Å². The van der Waals surface area contributed by atoms with Crippen LogP contribution >= 0.6 is 11.3 Å². The van der Waals surface area contributed by atoms with Crippen molar-refractivity contribution < 1.29 is 0 Å². The molecule has 0 aliphatic heterocycles. The van der Waals surface area contributed by atoms with Crippen molar-refractivity contribution >= 4 is 53.2 Å². The molecule has 0 unspecified atom stereocenters. The first-order chi connectivity index (χ1) is 28.2. The van der Waals surface area contributed by atoms with Gasteiger partial charge in [-0.05, 0) is 45.8 Å². The Kier molecular flexibility index (Phi) is 8.01. The van der Waals surface area contributed by atoms with Crippen LogP contribution in [-0.4, -0.2) is 15.0 Å². The van der Waals surface area contributed by atoms with Gasteiger partial charge in [-0.15, -0.1) is 11.3 Å². The van der Waals surface area contributed by atoms with E-state index in [9.17, 15) is 0 Å². The largest absolute Gasteiger partial charge is 0.247 e. The summed E-state index contributed by atoms with van der Waals surface area (Å²) in [5, 5.41) is 6.11. The van der Waals surface area contributed by atoms with Crippen LogP contribution in [0.4, 0.5) is 0 Å². The zero-order valence-electron chi connectivity index (χ0n) is 30.8. The van der Waals surface area contributed by atoms with E-state index in [1.807, 2.05) is 35.6 Å². The second-order valence-corrected chi connectivity index (χ2v) is 15.4. The van der Waals surface area contributed by atoms with Gasteiger partial charge in [0.25, 0.3) is 0 Å². The summed E-state index contributed by atoms with van der Waals surface area (Å²) in [4.78, 5) is 15.5. The molecule has 0 spiro atoms. The van der Waals surface area contributed by atoms with E-state index in [0.717, 1.165) is 66.8 Å². The lowest BCUT2D eigenvalue weighted by atomic mass is 9.93. The SMILES string of the molecule is c1ccc(-c2nc(-c3ccc(-c4cccc5c4sc4ccccc45)cc3)cc(-c3ccc(-c4cccc5nc(-c6ccccc6)c6ccccc6c45)cc3)n2)cc1. The molecule has 3 heterocycles. The highest BCUT2D eigenvalue weighted by Gasteiger charge is 2.16. The van der Waals surface area contributed by atoms with E-state index in [2.05, 4.69) is 176 Å². The van der Waals surface area contributed by atoms with Crippen molar-refractivity contribution in [1.82, 2.24) is 15.0 Å². The first kappa shape index (κ1) is 33.1. The van der Waals surface area contributed by atoms with Gasteiger partial charge in [-0.3, -0.25) is 0 Å². The number of nitrogens with zero attached hydrogens (tertiary/aromatic N) is 3. The Bertz CT molecular complexity index is 3260. The average Bonchev–Trinajstić information content (AvgIpc) is 3.68. The van der Waals surface area contributed by atoms with Gasteiger partial charge in [-0.25, -0.2) is 15.0 Å². The summed E-state index contributed by atoms with van der Waals surface area (Å²) in [6, 6.07) is 70.7. The molecule has 8 aromatic carbocycles. The Hall–Kier alpha value is -7.27. The van der Waals surface area contributed by atoms with Crippen LogP contribution in [0.1, 0.15) is 0 Å². The summed E-state index contributed by atoms with van der Waals surface area (Å²) in [5.41, 5.74) is 12.6. The molecule has 57 heavy (non-hydrogen) atoms. The predicted octanol–water partition coefficient (Wildman–Crippen LogP) is 14.5. The van der Waals surface area contributed by atoms with Crippen LogP contribution in [0, 0.1) is 0 Å². The van der Waals surface area contributed by atoms with Gasteiger partial charge in [0.1, 0.15) is 0 Å². The van der Waals surface area contributed by atoms with Crippen molar-refractivity contribution in [2.75, 3.05) is 0 Å². The maximum Gasteiger partial charge on any atom is 0.160 e. The lowest BCUT2D eigenvalue weighted by Crippen LogP contribution is -1.96. The number of thiophene rings is 1. The number of fused-ring (bicyclic) bond motifs is 6. The molecule has 0 saturated carbocycles. The van der Waals surface area contributed by atoms with Gasteiger partial charge in [0.05, 0.1) is 22.6 Å². The number of hydrogen-bond acceptors (Lipinski definition) is 4. The van der Waals surface area contributed by atoms with Crippen LogP contribution in [0.2, 0.25) is 0 Å². The van der Waals surface area contributed by atoms with Crippen LogP contribution in [0.5, 0.6) is 0 Å². The molecule has 0 fully saturated rings. The van der Waals surface area contributed by atoms with E-state index >= 15 is 0 Å². The number of rotatable bonds is 6. The van der Waals surface area contributed by atoms with Crippen molar-refractivity contribution in [3.63, 3.8) is 0 Å². The molecule has 0 radical (unpaired) electrons. The monoisotopic (exact) mass is 743 g/mol. The van der Waals surface area contributed by atoms with Crippen molar-refractivity contribution in [3.8, 4) is 67.4 Å². The lowest BCUT2D eigenvalue weighted by Gasteiger charge is -2.14. The summed E-state index contributed by atoms with van der Waals surface area (Å²) < 4.78 is 2.63. The summed E-state index contributed by atoms with van der Waals surface area (Å²) in [6.45, 7) is 0. The standard InChI is InChI=1S/C53H33N3S/c1-3-13-38(14-4-1)51-44-19-8-7-18-43(44)50-40(20-12-23-46(50)54-51)34-25-29-36(30-26-34)47-33-48(56-53(55-47)39-15-5-2-6-16-39)37-31-27-35(28-32-37)41-21-11-22-45-42-17-9-10-24-49(42)57-52(41)45/h1-33H. The number of hydrogen-bond donors (Lipinski definition) is 0. The van der Waals surface area contributed by atoms with Crippen molar-refractivity contribution in [2.45, 2.75) is 0 Å². The highest BCUT2D eigenvalue weighted by molar-refractivity contribution is 7.26. The topological polar surface area (TPSA) is 38.7 Å². The number of aromatic nitrogens is 3. The molecule has 266 valence electrons. The molecular formula is C53H33N3S. The van der Waals surface area contributed by atoms with Gasteiger partial charge in [0.2, 0.25) is 0 Å². The van der Waals surface area contributed by atoms with Crippen LogP contribution < -0.4 is 0 Å². The Labute approximate surface area is 334 Å². The molecule has 11 aromatic rings. The van der Waals surface area contributed by atoms with Gasteiger partial charge in [0.15, 0.2) is 5.82 Å². The van der Waals surface area contributed by atoms with Crippen molar-refractivity contribution in [2.24, 2.45) is 0 Å². The predicted molar refractivity (Wildman–Crippen MR) is 240 cm³/mol. The highest BCUT2D eigenvalue weighted by atomic mass is 32.1. The second-order valence-electron chi connectivity index (χ2n) is 14.3. The second kappa shape index (κ2) is 13.8. The van der Waals surface area contributed by atoms with E-state index < -0.39 is 0 Å². The third-order valence-electron chi connectivity index (χ3n) is 10.9. The molecule has 0 aliphatic rings. The molecule has 11 rings (SSSR count). The maximum absolute atomic E-state index is 5.23. The minimum absolute atomic E-state index is 0.701. The summed E-state index contributed by atoms with van der Waals surface area (Å²) >= 11 is 1.86. The van der Waals surface area contributed by atoms with E-state index in [1.54, 1.807) is 0 Å². The smallest absolute Gasteiger partial charge is 0.160 e. The molecular weight excluding hydrogens is 711 g/mol. The first-order valence-corrected chi connectivity index (χ1v) is 20.0. The van der Waals surface area contributed by atoms with Crippen LogP contribution in [0.15, 0.2) is 200 Å². The first-order valence-electron chi connectivity index (χ1n) is 19.2. The molecule has 0 saturated heterocycles. The van der Waals surface area contributed by atoms with E-state index in [-0.39, 0.29) is 0 Å². The van der Waals surface area contributed by atoms with Crippen LogP contribution in [0.3, 0.4) is 0 Å². The Morgan fingerprint density at radius 2 is 0.860 bits per heavy atom. The van der Waals surface area contributed by atoms with Gasteiger partial charge < -0.3 is 0 Å². The molecule has 3 nitrogen and oxygen atoms in total. The summed E-state index contributed by atoms with van der Waals surface area (Å²) in [5.74, 6) is 0.701. The molecule has 4 heteroatoms. The summed E-state index contributed by atoms with van der Waals surface area (Å²) in [7, 11) is 0. The van der Waals surface area contributed by atoms with Gasteiger partial charge in [-0.1, -0.05) is 182 Å². The zero-order valence-corrected chi connectivity index (χ0v) is 31.6. The molecule has 0 aliphatic carbocycles. The molecule has 0 amide bonds. The Morgan fingerprint density at radius 1 is 0.333 bits per heavy atom. The molecule has 0 N–H and O–H groups in total. The maximum atomic E-state index is 5.23. The van der Waals surface area contributed by atoms with Crippen molar-refractivity contribution in [1.29, 1.82) is 0 Å². The van der Waals surface area contributed by atoms with Crippen molar-refractivity contribution in [3.05, 3.63) is 200 Å². The number of benzene rings is 8. The van der Waals surface area contributed by atoms with E-state index in [1.165, 1.54) is 36.7 Å². The van der Waals surface area contributed by atoms with Crippen LogP contribution in [0.25, 0.3) is 109 Å². The fourth-order valence-electron chi connectivity index (χ4n) is 8.14. The minimum Gasteiger partial charge on any atom is -0.247 e. The van der Waals surface area contributed by atoms with Gasteiger partial charge >= 0.3 is 0 Å². The third kappa shape index (κ3) is 5.86. The quantitative estimate of drug-likeness (QED) is 0.159. The van der Waals surface area contributed by atoms with E-state index in [0.29, 0.717) is 5.82 Å². The highest BCUT2D eigenvalue weighted by Crippen LogP contribution is 2.41. The molecule has 3 aromatic heterocycles. The molecule has 0 atom stereocenters. The normalized spacial score (nSPS) is 11.5. The molecule has 0 bridgehead atoms. The third-order valence-corrected chi connectivity index (χ3v) is 12.1. The fraction of sp³-hybridized carbons (Fsp3) is 0. The van der Waals surface area contributed by atoms with Gasteiger partial charge in [0, 0.05) is 53.2 Å². The number of pyridine rings is 1. The lowest BCUT2D eigenvalue weighted by molar-refractivity contribution is 1.18. The zero-order chi connectivity index (χ0) is 37.7. The Morgan fingerprint density at radius 3 is 1.56 bits per heavy atom. The fourth-order valence-corrected chi connectivity index (χ4v) is 9.37. The Balaban J connectivity index is 0.986. The minimum atomic E-state index is 0.701. The van der Waals surface area contributed by atoms with Gasteiger partial charge in [-0.2, -0.15) is 0 Å². The summed E-state index contributed by atoms with van der Waals surface area (Å²) in [6.07, 6.45) is 0. The average molecular weight is 744 g/mol.